The molecule has 0 saturated heterocycles. The summed E-state index contributed by atoms with van der Waals surface area (Å²) in [5.74, 6) is -0.349. The second kappa shape index (κ2) is 6.52. The molecule has 0 aliphatic heterocycles. The first-order chi connectivity index (χ1) is 9.56. The van der Waals surface area contributed by atoms with Crippen LogP contribution >= 0.6 is 15.9 Å². The van der Waals surface area contributed by atoms with Gasteiger partial charge in [0.2, 0.25) is 0 Å². The summed E-state index contributed by atoms with van der Waals surface area (Å²) in [5, 5.41) is 5.45. The number of aryl methyl sites for hydroxylation is 1. The first-order valence-corrected chi connectivity index (χ1v) is 6.90. The van der Waals surface area contributed by atoms with Crippen LogP contribution in [0.25, 0.3) is 0 Å². The summed E-state index contributed by atoms with van der Waals surface area (Å²) in [5.41, 5.74) is 2.25. The topological polar surface area (TPSA) is 41.1 Å². The van der Waals surface area contributed by atoms with Gasteiger partial charge in [-0.2, -0.15) is 0 Å². The maximum atomic E-state index is 13.3. The van der Waals surface area contributed by atoms with Gasteiger partial charge in [0.1, 0.15) is 5.82 Å². The molecule has 0 fully saturated rings. The summed E-state index contributed by atoms with van der Waals surface area (Å²) in [6, 6.07) is 12.2. The predicted octanol–water partition coefficient (Wildman–Crippen LogP) is 4.22. The Bertz CT molecular complexity index is 617. The van der Waals surface area contributed by atoms with Crippen LogP contribution < -0.4 is 10.6 Å². The van der Waals surface area contributed by atoms with Gasteiger partial charge in [0.15, 0.2) is 0 Å². The minimum absolute atomic E-state index is 0.321. The monoisotopic (exact) mass is 336 g/mol. The van der Waals surface area contributed by atoms with E-state index in [1.54, 1.807) is 13.0 Å². The number of carbonyl (C=O) groups excluding carboxylic acids is 1. The van der Waals surface area contributed by atoms with Crippen molar-refractivity contribution in [3.63, 3.8) is 0 Å². The third kappa shape index (κ3) is 3.81. The lowest BCUT2D eigenvalue weighted by molar-refractivity contribution is 0.251. The summed E-state index contributed by atoms with van der Waals surface area (Å²) in [4.78, 5) is 11.8. The number of amides is 2. The van der Waals surface area contributed by atoms with Crippen molar-refractivity contribution in [3.05, 3.63) is 63.9 Å². The molecule has 0 saturated carbocycles. The molecule has 0 atom stereocenters. The van der Waals surface area contributed by atoms with Crippen LogP contribution in [-0.2, 0) is 6.54 Å². The number of hydrogen-bond acceptors (Lipinski definition) is 1. The molecule has 20 heavy (non-hydrogen) atoms. The molecular weight excluding hydrogens is 323 g/mol. The zero-order valence-corrected chi connectivity index (χ0v) is 12.5. The van der Waals surface area contributed by atoms with E-state index in [2.05, 4.69) is 26.6 Å². The Morgan fingerprint density at radius 1 is 1.25 bits per heavy atom. The standard InChI is InChI=1S/C15H14BrFN2O/c1-10-7-13(17)12(16)8-14(10)19-15(20)18-9-11-5-3-2-4-6-11/h2-8H,9H2,1H3,(H2,18,19,20). The van der Waals surface area contributed by atoms with E-state index >= 15 is 0 Å². The van der Waals surface area contributed by atoms with E-state index in [1.165, 1.54) is 6.07 Å². The van der Waals surface area contributed by atoms with Crippen LogP contribution in [0.15, 0.2) is 46.9 Å². The van der Waals surface area contributed by atoms with Gasteiger partial charge in [-0.05, 0) is 46.1 Å². The van der Waals surface area contributed by atoms with Gasteiger partial charge in [-0.1, -0.05) is 30.3 Å². The summed E-state index contributed by atoms with van der Waals surface area (Å²) in [7, 11) is 0. The smallest absolute Gasteiger partial charge is 0.319 e. The van der Waals surface area contributed by atoms with E-state index in [1.807, 2.05) is 30.3 Å². The molecule has 0 radical (unpaired) electrons. The number of rotatable bonds is 3. The molecule has 0 unspecified atom stereocenters. The van der Waals surface area contributed by atoms with E-state index in [9.17, 15) is 9.18 Å². The SMILES string of the molecule is Cc1cc(F)c(Br)cc1NC(=O)NCc1ccccc1. The Hall–Kier alpha value is -1.88. The maximum Gasteiger partial charge on any atom is 0.319 e. The second-order valence-electron chi connectivity index (χ2n) is 4.37. The van der Waals surface area contributed by atoms with Crippen LogP contribution in [0.1, 0.15) is 11.1 Å². The Labute approximate surface area is 125 Å². The molecule has 3 nitrogen and oxygen atoms in total. The Balaban J connectivity index is 1.97. The van der Waals surface area contributed by atoms with E-state index in [-0.39, 0.29) is 11.8 Å². The first-order valence-electron chi connectivity index (χ1n) is 6.10. The van der Waals surface area contributed by atoms with Crippen LogP contribution in [0.2, 0.25) is 0 Å². The van der Waals surface area contributed by atoms with Gasteiger partial charge in [0, 0.05) is 12.2 Å². The number of urea groups is 1. The highest BCUT2D eigenvalue weighted by atomic mass is 79.9. The van der Waals surface area contributed by atoms with Gasteiger partial charge >= 0.3 is 6.03 Å². The number of nitrogens with one attached hydrogen (secondary N) is 2. The van der Waals surface area contributed by atoms with E-state index in [4.69, 9.17) is 0 Å². The zero-order valence-electron chi connectivity index (χ0n) is 10.9. The first kappa shape index (κ1) is 14.5. The minimum atomic E-state index is -0.349. The molecule has 0 spiro atoms. The van der Waals surface area contributed by atoms with E-state index in [0.29, 0.717) is 22.3 Å². The van der Waals surface area contributed by atoms with Crippen molar-refractivity contribution in [2.75, 3.05) is 5.32 Å². The second-order valence-corrected chi connectivity index (χ2v) is 5.23. The zero-order chi connectivity index (χ0) is 14.5. The number of halogens is 2. The average molecular weight is 337 g/mol. The molecule has 0 aliphatic carbocycles. The van der Waals surface area contributed by atoms with Crippen molar-refractivity contribution in [2.45, 2.75) is 13.5 Å². The maximum absolute atomic E-state index is 13.3. The largest absolute Gasteiger partial charge is 0.334 e. The predicted molar refractivity (Wildman–Crippen MR) is 81.1 cm³/mol. The van der Waals surface area contributed by atoms with Crippen molar-refractivity contribution >= 4 is 27.6 Å². The Kier molecular flexibility index (Phi) is 4.74. The molecule has 0 aromatic heterocycles. The highest BCUT2D eigenvalue weighted by Crippen LogP contribution is 2.24. The summed E-state index contributed by atoms with van der Waals surface area (Å²) in [6.07, 6.45) is 0. The van der Waals surface area contributed by atoms with E-state index in [0.717, 1.165) is 5.56 Å². The molecule has 2 rings (SSSR count). The molecule has 0 aliphatic rings. The quantitative estimate of drug-likeness (QED) is 0.865. The lowest BCUT2D eigenvalue weighted by atomic mass is 10.2. The fourth-order valence-corrected chi connectivity index (χ4v) is 2.07. The van der Waals surface area contributed by atoms with Crippen molar-refractivity contribution in [1.82, 2.24) is 5.32 Å². The van der Waals surface area contributed by atoms with Gasteiger partial charge in [0.05, 0.1) is 4.47 Å². The lowest BCUT2D eigenvalue weighted by Gasteiger charge is -2.11. The minimum Gasteiger partial charge on any atom is -0.334 e. The van der Waals surface area contributed by atoms with Crippen molar-refractivity contribution in [3.8, 4) is 0 Å². The Morgan fingerprint density at radius 2 is 1.95 bits per heavy atom. The highest BCUT2D eigenvalue weighted by Gasteiger charge is 2.08. The van der Waals surface area contributed by atoms with Crippen molar-refractivity contribution in [1.29, 1.82) is 0 Å². The third-order valence-corrected chi connectivity index (χ3v) is 3.42. The van der Waals surface area contributed by atoms with Gasteiger partial charge in [-0.25, -0.2) is 9.18 Å². The van der Waals surface area contributed by atoms with Crippen LogP contribution in [0, 0.1) is 12.7 Å². The van der Waals surface area contributed by atoms with Gasteiger partial charge in [-0.3, -0.25) is 0 Å². The number of anilines is 1. The molecule has 0 heterocycles. The molecule has 2 aromatic rings. The summed E-state index contributed by atoms with van der Waals surface area (Å²) >= 11 is 3.10. The lowest BCUT2D eigenvalue weighted by Crippen LogP contribution is -2.28. The van der Waals surface area contributed by atoms with Crippen LogP contribution in [0.4, 0.5) is 14.9 Å². The molecule has 2 N–H and O–H groups in total. The van der Waals surface area contributed by atoms with Crippen molar-refractivity contribution < 1.29 is 9.18 Å². The molecule has 104 valence electrons. The Morgan fingerprint density at radius 3 is 2.65 bits per heavy atom. The van der Waals surface area contributed by atoms with Crippen LogP contribution in [-0.4, -0.2) is 6.03 Å². The molecule has 2 amide bonds. The normalized spacial score (nSPS) is 10.2. The van der Waals surface area contributed by atoms with Gasteiger partial charge in [-0.15, -0.1) is 0 Å². The molecule has 5 heteroatoms. The fraction of sp³-hybridized carbons (Fsp3) is 0.133. The average Bonchev–Trinajstić information content (AvgIpc) is 2.44. The number of hydrogen-bond donors (Lipinski definition) is 2. The molecule has 0 bridgehead atoms. The summed E-state index contributed by atoms with van der Waals surface area (Å²) < 4.78 is 13.6. The van der Waals surface area contributed by atoms with E-state index < -0.39 is 0 Å². The number of benzene rings is 2. The third-order valence-electron chi connectivity index (χ3n) is 2.81. The molecular formula is C15H14BrFN2O. The van der Waals surface area contributed by atoms with Gasteiger partial charge in [0.25, 0.3) is 0 Å². The molecule has 2 aromatic carbocycles. The van der Waals surface area contributed by atoms with Crippen molar-refractivity contribution in [2.24, 2.45) is 0 Å². The van der Waals surface area contributed by atoms with Crippen LogP contribution in [0.5, 0.6) is 0 Å². The fourth-order valence-electron chi connectivity index (χ4n) is 1.73. The highest BCUT2D eigenvalue weighted by molar-refractivity contribution is 9.10. The summed E-state index contributed by atoms with van der Waals surface area (Å²) in [6.45, 7) is 2.18. The van der Waals surface area contributed by atoms with Crippen LogP contribution in [0.3, 0.4) is 0 Å². The number of carbonyl (C=O) groups is 1. The van der Waals surface area contributed by atoms with Gasteiger partial charge < -0.3 is 10.6 Å².